The zero-order valence-electron chi connectivity index (χ0n) is 19.2. The van der Waals surface area contributed by atoms with Gasteiger partial charge in [-0.15, -0.1) is 0 Å². The summed E-state index contributed by atoms with van der Waals surface area (Å²) in [6.07, 6.45) is -0.449. The molecule has 3 rings (SSSR count). The maximum Gasteiger partial charge on any atom is 0.407 e. The zero-order valence-corrected chi connectivity index (χ0v) is 19.2. The number of amides is 2. The minimum Gasteiger partial charge on any atom is -0.458 e. The number of carbonyl (C=O) groups is 3. The van der Waals surface area contributed by atoms with Crippen LogP contribution in [0.4, 0.5) is 4.79 Å². The average Bonchev–Trinajstić information content (AvgIpc) is 3.16. The van der Waals surface area contributed by atoms with E-state index in [1.54, 1.807) is 20.8 Å². The van der Waals surface area contributed by atoms with Crippen molar-refractivity contribution < 1.29 is 23.9 Å². The lowest BCUT2D eigenvalue weighted by atomic mass is 10.00. The molecular formula is C25H31N3O5. The number of ether oxygens (including phenoxy) is 2. The molecule has 0 aromatic heterocycles. The summed E-state index contributed by atoms with van der Waals surface area (Å²) in [6.45, 7) is 5.13. The van der Waals surface area contributed by atoms with Crippen LogP contribution in [0.2, 0.25) is 0 Å². The number of alkyl carbamates (subject to hydrolysis) is 1. The first-order valence-electron chi connectivity index (χ1n) is 11.0. The summed E-state index contributed by atoms with van der Waals surface area (Å²) < 4.78 is 11.0. The van der Waals surface area contributed by atoms with E-state index in [9.17, 15) is 14.4 Å². The smallest absolute Gasteiger partial charge is 0.407 e. The Morgan fingerprint density at radius 2 is 1.64 bits per heavy atom. The lowest BCUT2D eigenvalue weighted by Gasteiger charge is -2.32. The molecule has 0 bridgehead atoms. The number of nitrogens with one attached hydrogen (secondary N) is 1. The van der Waals surface area contributed by atoms with Crippen LogP contribution in [0.1, 0.15) is 44.4 Å². The highest BCUT2D eigenvalue weighted by Gasteiger charge is 2.49. The van der Waals surface area contributed by atoms with Crippen molar-refractivity contribution in [3.63, 3.8) is 0 Å². The molecule has 3 N–H and O–H groups in total. The maximum absolute atomic E-state index is 13.0. The third-order valence-corrected chi connectivity index (χ3v) is 5.29. The molecule has 0 aliphatic carbocycles. The van der Waals surface area contributed by atoms with Crippen LogP contribution in [0.15, 0.2) is 60.7 Å². The summed E-state index contributed by atoms with van der Waals surface area (Å²) in [7, 11) is 0. The number of esters is 1. The molecule has 8 nitrogen and oxygen atoms in total. The van der Waals surface area contributed by atoms with Gasteiger partial charge in [-0.25, -0.2) is 9.59 Å². The number of hydrogen-bond acceptors (Lipinski definition) is 6. The topological polar surface area (TPSA) is 111 Å². The van der Waals surface area contributed by atoms with Gasteiger partial charge < -0.3 is 25.4 Å². The fraction of sp³-hybridized carbons (Fsp3) is 0.400. The largest absolute Gasteiger partial charge is 0.458 e. The molecular weight excluding hydrogens is 422 g/mol. The standard InChI is InChI=1S/C25H31N3O5/c1-25(2,3)33-23(30)20-14-19(27-24(31)32-16-17-10-6-4-7-11-17)22(28(20)21(29)15-26)18-12-8-5-9-13-18/h4-13,19-20,22H,14-16,26H2,1-3H3,(H,27,31). The summed E-state index contributed by atoms with van der Waals surface area (Å²) in [5, 5.41) is 2.85. The number of rotatable bonds is 6. The molecule has 3 unspecified atom stereocenters. The molecule has 0 spiro atoms. The van der Waals surface area contributed by atoms with E-state index >= 15 is 0 Å². The number of carbonyl (C=O) groups excluding carboxylic acids is 3. The van der Waals surface area contributed by atoms with Crippen molar-refractivity contribution in [1.29, 1.82) is 0 Å². The Bertz CT molecular complexity index is 959. The Kier molecular flexibility index (Phi) is 7.71. The molecule has 1 heterocycles. The normalized spacial score (nSPS) is 20.2. The van der Waals surface area contributed by atoms with Crippen molar-refractivity contribution in [2.75, 3.05) is 6.54 Å². The van der Waals surface area contributed by atoms with Gasteiger partial charge in [-0.1, -0.05) is 60.7 Å². The van der Waals surface area contributed by atoms with Crippen LogP contribution in [0.5, 0.6) is 0 Å². The molecule has 176 valence electrons. The van der Waals surface area contributed by atoms with Crippen LogP contribution in [0.25, 0.3) is 0 Å². The van der Waals surface area contributed by atoms with Crippen LogP contribution in [-0.2, 0) is 25.7 Å². The lowest BCUT2D eigenvalue weighted by Crippen LogP contribution is -2.47. The predicted molar refractivity (Wildman–Crippen MR) is 123 cm³/mol. The van der Waals surface area contributed by atoms with Crippen molar-refractivity contribution >= 4 is 18.0 Å². The first-order chi connectivity index (χ1) is 15.7. The molecule has 1 fully saturated rings. The van der Waals surface area contributed by atoms with Gasteiger partial charge in [0, 0.05) is 6.42 Å². The molecule has 2 aromatic carbocycles. The summed E-state index contributed by atoms with van der Waals surface area (Å²) in [5.74, 6) is -0.936. The third kappa shape index (κ3) is 6.32. The molecule has 1 aliphatic heterocycles. The molecule has 8 heteroatoms. The van der Waals surface area contributed by atoms with Crippen molar-refractivity contribution in [3.05, 3.63) is 71.8 Å². The third-order valence-electron chi connectivity index (χ3n) is 5.29. The summed E-state index contributed by atoms with van der Waals surface area (Å²) in [6, 6.07) is 16.5. The first kappa shape index (κ1) is 24.3. The number of likely N-dealkylation sites (tertiary alicyclic amines) is 1. The lowest BCUT2D eigenvalue weighted by molar-refractivity contribution is -0.164. The summed E-state index contributed by atoms with van der Waals surface area (Å²) in [4.78, 5) is 39.9. The minimum absolute atomic E-state index is 0.107. The van der Waals surface area contributed by atoms with Crippen LogP contribution in [0, 0.1) is 0 Å². The first-order valence-corrected chi connectivity index (χ1v) is 11.0. The van der Waals surface area contributed by atoms with Gasteiger partial charge in [0.25, 0.3) is 0 Å². The molecule has 1 aliphatic rings. The van der Waals surface area contributed by atoms with Gasteiger partial charge in [0.05, 0.1) is 18.6 Å². The zero-order chi connectivity index (χ0) is 24.0. The number of nitrogens with zero attached hydrogens (tertiary/aromatic N) is 1. The summed E-state index contributed by atoms with van der Waals surface area (Å²) in [5.41, 5.74) is 6.59. The Morgan fingerprint density at radius 3 is 2.21 bits per heavy atom. The van der Waals surface area contributed by atoms with Gasteiger partial charge >= 0.3 is 12.1 Å². The van der Waals surface area contributed by atoms with E-state index in [4.69, 9.17) is 15.2 Å². The number of hydrogen-bond donors (Lipinski definition) is 2. The Balaban J connectivity index is 1.85. The van der Waals surface area contributed by atoms with Gasteiger partial charge in [-0.3, -0.25) is 4.79 Å². The fourth-order valence-electron chi connectivity index (χ4n) is 3.98. The second-order valence-corrected chi connectivity index (χ2v) is 8.96. The monoisotopic (exact) mass is 453 g/mol. The minimum atomic E-state index is -0.884. The molecule has 1 saturated heterocycles. The average molecular weight is 454 g/mol. The second-order valence-electron chi connectivity index (χ2n) is 8.96. The number of nitrogens with two attached hydrogens (primary N) is 1. The SMILES string of the molecule is CC(C)(C)OC(=O)C1CC(NC(=O)OCc2ccccc2)C(c2ccccc2)N1C(=O)CN. The number of benzene rings is 2. The van der Waals surface area contributed by atoms with Crippen molar-refractivity contribution in [2.45, 2.75) is 57.5 Å². The molecule has 2 amide bonds. The predicted octanol–water partition coefficient (Wildman–Crippen LogP) is 2.92. The van der Waals surface area contributed by atoms with Gasteiger partial charge in [-0.2, -0.15) is 0 Å². The summed E-state index contributed by atoms with van der Waals surface area (Å²) >= 11 is 0. The van der Waals surface area contributed by atoms with E-state index in [-0.39, 0.29) is 19.6 Å². The van der Waals surface area contributed by atoms with E-state index in [1.165, 1.54) is 4.90 Å². The van der Waals surface area contributed by atoms with Crippen LogP contribution in [0.3, 0.4) is 0 Å². The molecule has 0 radical (unpaired) electrons. The van der Waals surface area contributed by atoms with Crippen molar-refractivity contribution in [3.8, 4) is 0 Å². The van der Waals surface area contributed by atoms with E-state index in [2.05, 4.69) is 5.32 Å². The van der Waals surface area contributed by atoms with E-state index in [1.807, 2.05) is 60.7 Å². The van der Waals surface area contributed by atoms with Crippen LogP contribution >= 0.6 is 0 Å². The Morgan fingerprint density at radius 1 is 1.03 bits per heavy atom. The van der Waals surface area contributed by atoms with E-state index in [0.29, 0.717) is 0 Å². The van der Waals surface area contributed by atoms with Gasteiger partial charge in [0.2, 0.25) is 5.91 Å². The van der Waals surface area contributed by atoms with Crippen LogP contribution < -0.4 is 11.1 Å². The van der Waals surface area contributed by atoms with Crippen molar-refractivity contribution in [2.24, 2.45) is 5.73 Å². The highest BCUT2D eigenvalue weighted by atomic mass is 16.6. The Labute approximate surface area is 194 Å². The molecule has 0 saturated carbocycles. The van der Waals surface area contributed by atoms with Crippen molar-refractivity contribution in [1.82, 2.24) is 10.2 Å². The highest BCUT2D eigenvalue weighted by Crippen LogP contribution is 2.37. The maximum atomic E-state index is 13.0. The second kappa shape index (κ2) is 10.5. The molecule has 2 aromatic rings. The molecule has 3 atom stereocenters. The quantitative estimate of drug-likeness (QED) is 0.651. The molecule has 33 heavy (non-hydrogen) atoms. The van der Waals surface area contributed by atoms with Crippen LogP contribution in [-0.4, -0.2) is 47.1 Å². The fourth-order valence-corrected chi connectivity index (χ4v) is 3.98. The van der Waals surface area contributed by atoms with E-state index < -0.39 is 41.7 Å². The highest BCUT2D eigenvalue weighted by molar-refractivity contribution is 5.87. The van der Waals surface area contributed by atoms with Gasteiger partial charge in [0.1, 0.15) is 18.2 Å². The van der Waals surface area contributed by atoms with E-state index in [0.717, 1.165) is 11.1 Å². The van der Waals surface area contributed by atoms with Gasteiger partial charge in [-0.05, 0) is 31.9 Å². The Hall–Kier alpha value is -3.39. The van der Waals surface area contributed by atoms with Gasteiger partial charge in [0.15, 0.2) is 0 Å².